The van der Waals surface area contributed by atoms with Gasteiger partial charge in [0.15, 0.2) is 5.76 Å². The molecule has 0 bridgehead atoms. The first-order valence-corrected chi connectivity index (χ1v) is 4.65. The molecule has 0 aromatic carbocycles. The van der Waals surface area contributed by atoms with Gasteiger partial charge in [-0.1, -0.05) is 0 Å². The number of furan rings is 1. The molecular formula is C10H13N3O. The fraction of sp³-hybridized carbons (Fsp3) is 0.300. The first-order chi connectivity index (χ1) is 6.85. The van der Waals surface area contributed by atoms with E-state index < -0.39 is 0 Å². The van der Waals surface area contributed by atoms with Gasteiger partial charge in [0.25, 0.3) is 0 Å². The molecule has 0 unspecified atom stereocenters. The van der Waals surface area contributed by atoms with E-state index >= 15 is 0 Å². The largest absolute Gasteiger partial charge is 0.463 e. The zero-order valence-electron chi connectivity index (χ0n) is 8.10. The number of nitrogens with zero attached hydrogens (tertiary/aromatic N) is 2. The van der Waals surface area contributed by atoms with Gasteiger partial charge in [-0.2, -0.15) is 5.10 Å². The van der Waals surface area contributed by atoms with Crippen molar-refractivity contribution in [3.63, 3.8) is 0 Å². The smallest absolute Gasteiger partial charge is 0.154 e. The molecule has 0 saturated heterocycles. The van der Waals surface area contributed by atoms with Crippen LogP contribution in [-0.2, 0) is 13.1 Å². The fourth-order valence-corrected chi connectivity index (χ4v) is 1.39. The van der Waals surface area contributed by atoms with Crippen LogP contribution in [0.15, 0.2) is 29.0 Å². The maximum atomic E-state index is 5.63. The lowest BCUT2D eigenvalue weighted by molar-refractivity contribution is 0.575. The van der Waals surface area contributed by atoms with Gasteiger partial charge < -0.3 is 10.2 Å². The minimum atomic E-state index is 0.482. The number of aromatic nitrogens is 2. The Labute approximate surface area is 82.3 Å². The van der Waals surface area contributed by atoms with E-state index in [-0.39, 0.29) is 0 Å². The summed E-state index contributed by atoms with van der Waals surface area (Å²) in [5, 5.41) is 4.38. The third kappa shape index (κ3) is 1.44. The standard InChI is InChI=1S/C10H13N3O/c1-2-13-7-8(6-11)10(12-13)9-4-3-5-14-9/h3-5,7H,2,6,11H2,1H3. The van der Waals surface area contributed by atoms with Crippen molar-refractivity contribution in [2.45, 2.75) is 20.0 Å². The highest BCUT2D eigenvalue weighted by atomic mass is 16.3. The molecule has 0 atom stereocenters. The maximum Gasteiger partial charge on any atom is 0.154 e. The molecule has 0 amide bonds. The van der Waals surface area contributed by atoms with Gasteiger partial charge >= 0.3 is 0 Å². The molecule has 0 aliphatic heterocycles. The highest BCUT2D eigenvalue weighted by Crippen LogP contribution is 2.21. The molecule has 74 valence electrons. The highest BCUT2D eigenvalue weighted by molar-refractivity contribution is 5.56. The van der Waals surface area contributed by atoms with Crippen LogP contribution < -0.4 is 5.73 Å². The molecule has 0 spiro atoms. The molecule has 0 fully saturated rings. The minimum absolute atomic E-state index is 0.482. The Morgan fingerprint density at radius 2 is 2.43 bits per heavy atom. The molecule has 2 N–H and O–H groups in total. The quantitative estimate of drug-likeness (QED) is 0.802. The summed E-state index contributed by atoms with van der Waals surface area (Å²) in [5.41, 5.74) is 7.49. The summed E-state index contributed by atoms with van der Waals surface area (Å²) in [7, 11) is 0. The second-order valence-electron chi connectivity index (χ2n) is 3.04. The molecule has 14 heavy (non-hydrogen) atoms. The first-order valence-electron chi connectivity index (χ1n) is 4.65. The van der Waals surface area contributed by atoms with Crippen molar-refractivity contribution in [2.24, 2.45) is 5.73 Å². The van der Waals surface area contributed by atoms with Crippen LogP contribution in [0.3, 0.4) is 0 Å². The summed E-state index contributed by atoms with van der Waals surface area (Å²) < 4.78 is 7.15. The molecule has 0 radical (unpaired) electrons. The van der Waals surface area contributed by atoms with E-state index in [2.05, 4.69) is 5.10 Å². The molecule has 0 aliphatic rings. The SMILES string of the molecule is CCn1cc(CN)c(-c2ccco2)n1. The van der Waals surface area contributed by atoms with Gasteiger partial charge in [-0.15, -0.1) is 0 Å². The third-order valence-electron chi connectivity index (χ3n) is 2.14. The lowest BCUT2D eigenvalue weighted by Crippen LogP contribution is -1.96. The predicted molar refractivity (Wildman–Crippen MR) is 53.5 cm³/mol. The van der Waals surface area contributed by atoms with Crippen LogP contribution in [0.1, 0.15) is 12.5 Å². The van der Waals surface area contributed by atoms with E-state index in [0.29, 0.717) is 6.54 Å². The van der Waals surface area contributed by atoms with Crippen LogP contribution in [-0.4, -0.2) is 9.78 Å². The van der Waals surface area contributed by atoms with Gasteiger partial charge in [-0.05, 0) is 19.1 Å². The van der Waals surface area contributed by atoms with Crippen LogP contribution in [0, 0.1) is 0 Å². The second kappa shape index (κ2) is 3.67. The lowest BCUT2D eigenvalue weighted by atomic mass is 10.2. The highest BCUT2D eigenvalue weighted by Gasteiger charge is 2.11. The minimum Gasteiger partial charge on any atom is -0.463 e. The Balaban J connectivity index is 2.46. The topological polar surface area (TPSA) is 57.0 Å². The Bertz CT molecular complexity index is 403. The summed E-state index contributed by atoms with van der Waals surface area (Å²) in [6, 6.07) is 3.74. The molecular weight excluding hydrogens is 178 g/mol. The maximum absolute atomic E-state index is 5.63. The van der Waals surface area contributed by atoms with Crippen molar-refractivity contribution < 1.29 is 4.42 Å². The van der Waals surface area contributed by atoms with E-state index in [0.717, 1.165) is 23.6 Å². The van der Waals surface area contributed by atoms with Crippen molar-refractivity contribution in [1.29, 1.82) is 0 Å². The van der Waals surface area contributed by atoms with E-state index in [4.69, 9.17) is 10.2 Å². The summed E-state index contributed by atoms with van der Waals surface area (Å²) in [4.78, 5) is 0. The molecule has 2 rings (SSSR count). The normalized spacial score (nSPS) is 10.7. The zero-order chi connectivity index (χ0) is 9.97. The zero-order valence-corrected chi connectivity index (χ0v) is 8.10. The molecule has 4 heteroatoms. The predicted octanol–water partition coefficient (Wildman–Crippen LogP) is 1.62. The lowest BCUT2D eigenvalue weighted by Gasteiger charge is -1.93. The molecule has 2 aromatic heterocycles. The first kappa shape index (κ1) is 9.02. The Hall–Kier alpha value is -1.55. The summed E-state index contributed by atoms with van der Waals surface area (Å²) in [5.74, 6) is 0.776. The van der Waals surface area contributed by atoms with Gasteiger partial charge in [0.2, 0.25) is 0 Å². The summed E-state index contributed by atoms with van der Waals surface area (Å²) in [6.45, 7) is 3.36. The number of nitrogens with two attached hydrogens (primary N) is 1. The summed E-state index contributed by atoms with van der Waals surface area (Å²) in [6.07, 6.45) is 3.60. The van der Waals surface area contributed by atoms with Crippen molar-refractivity contribution in [1.82, 2.24) is 9.78 Å². The van der Waals surface area contributed by atoms with Gasteiger partial charge in [-0.25, -0.2) is 0 Å². The van der Waals surface area contributed by atoms with E-state index in [1.807, 2.05) is 29.9 Å². The molecule has 4 nitrogen and oxygen atoms in total. The van der Waals surface area contributed by atoms with Crippen molar-refractivity contribution in [3.05, 3.63) is 30.2 Å². The Kier molecular flexibility index (Phi) is 2.37. The number of rotatable bonds is 3. The van der Waals surface area contributed by atoms with Gasteiger partial charge in [0, 0.05) is 24.8 Å². The van der Waals surface area contributed by atoms with E-state index in [1.54, 1.807) is 6.26 Å². The van der Waals surface area contributed by atoms with Gasteiger partial charge in [0.05, 0.1) is 6.26 Å². The molecule has 2 heterocycles. The van der Waals surface area contributed by atoms with Crippen LogP contribution in [0.25, 0.3) is 11.5 Å². The van der Waals surface area contributed by atoms with Gasteiger partial charge in [-0.3, -0.25) is 4.68 Å². The number of aryl methyl sites for hydroxylation is 1. The molecule has 0 saturated carbocycles. The van der Waals surface area contributed by atoms with E-state index in [9.17, 15) is 0 Å². The van der Waals surface area contributed by atoms with Crippen LogP contribution in [0.4, 0.5) is 0 Å². The summed E-state index contributed by atoms with van der Waals surface area (Å²) >= 11 is 0. The molecule has 2 aromatic rings. The second-order valence-corrected chi connectivity index (χ2v) is 3.04. The molecule has 0 aliphatic carbocycles. The fourth-order valence-electron chi connectivity index (χ4n) is 1.39. The van der Waals surface area contributed by atoms with Crippen molar-refractivity contribution in [2.75, 3.05) is 0 Å². The van der Waals surface area contributed by atoms with Crippen LogP contribution >= 0.6 is 0 Å². The van der Waals surface area contributed by atoms with Crippen molar-refractivity contribution in [3.8, 4) is 11.5 Å². The van der Waals surface area contributed by atoms with Crippen LogP contribution in [0.5, 0.6) is 0 Å². The number of hydrogen-bond acceptors (Lipinski definition) is 3. The van der Waals surface area contributed by atoms with Gasteiger partial charge in [0.1, 0.15) is 5.69 Å². The third-order valence-corrected chi connectivity index (χ3v) is 2.14. The van der Waals surface area contributed by atoms with E-state index in [1.165, 1.54) is 0 Å². The average Bonchev–Trinajstić information content (AvgIpc) is 2.85. The monoisotopic (exact) mass is 191 g/mol. The average molecular weight is 191 g/mol. The Morgan fingerprint density at radius 1 is 1.57 bits per heavy atom. The van der Waals surface area contributed by atoms with Crippen LogP contribution in [0.2, 0.25) is 0 Å². The Morgan fingerprint density at radius 3 is 3.00 bits per heavy atom. The number of hydrogen-bond donors (Lipinski definition) is 1. The van der Waals surface area contributed by atoms with Crippen molar-refractivity contribution >= 4 is 0 Å².